The summed E-state index contributed by atoms with van der Waals surface area (Å²) in [4.78, 5) is 27.8. The zero-order chi connectivity index (χ0) is 16.3. The zero-order valence-electron chi connectivity index (χ0n) is 13.4. The molecule has 1 fully saturated rings. The molecule has 0 aromatic carbocycles. The first-order valence-electron chi connectivity index (χ1n) is 7.72. The number of imidazole rings is 1. The molecule has 1 heterocycles. The normalized spacial score (nSPS) is 22.3. The third-order valence-electron chi connectivity index (χ3n) is 3.92. The van der Waals surface area contributed by atoms with Gasteiger partial charge in [0.1, 0.15) is 5.60 Å². The summed E-state index contributed by atoms with van der Waals surface area (Å²) in [7, 11) is 0. The zero-order valence-corrected chi connectivity index (χ0v) is 13.4. The van der Waals surface area contributed by atoms with Gasteiger partial charge in [-0.25, -0.2) is 9.59 Å². The number of carbonyl (C=O) groups excluding carboxylic acids is 1. The molecule has 1 amide bonds. The van der Waals surface area contributed by atoms with Crippen molar-refractivity contribution in [3.05, 3.63) is 16.2 Å². The molecule has 0 spiro atoms. The number of aromatic nitrogens is 2. The minimum Gasteiger partial charge on any atom is -0.493 e. The van der Waals surface area contributed by atoms with Crippen molar-refractivity contribution in [3.63, 3.8) is 0 Å². The van der Waals surface area contributed by atoms with Crippen molar-refractivity contribution in [3.8, 4) is 5.88 Å². The number of aromatic hydroxyl groups is 1. The summed E-state index contributed by atoms with van der Waals surface area (Å²) in [5, 5.41) is 12.5. The van der Waals surface area contributed by atoms with Gasteiger partial charge in [-0.2, -0.15) is 0 Å². The molecule has 124 valence electrons. The van der Waals surface area contributed by atoms with Gasteiger partial charge in [-0.3, -0.25) is 4.98 Å². The highest BCUT2D eigenvalue weighted by molar-refractivity contribution is 5.67. The van der Waals surface area contributed by atoms with Crippen LogP contribution in [0.3, 0.4) is 0 Å². The molecule has 1 aromatic rings. The van der Waals surface area contributed by atoms with Crippen LogP contribution in [-0.2, 0) is 4.74 Å². The highest BCUT2D eigenvalue weighted by Gasteiger charge is 2.26. The first-order chi connectivity index (χ1) is 10.2. The number of aromatic amines is 2. The molecule has 7 nitrogen and oxygen atoms in total. The molecule has 1 aliphatic carbocycles. The Bertz CT molecular complexity index is 562. The monoisotopic (exact) mass is 311 g/mol. The highest BCUT2D eigenvalue weighted by Crippen LogP contribution is 2.36. The molecular formula is C15H25N3O4. The van der Waals surface area contributed by atoms with E-state index in [1.54, 1.807) is 0 Å². The van der Waals surface area contributed by atoms with Crippen LogP contribution in [0, 0.1) is 5.92 Å². The van der Waals surface area contributed by atoms with Crippen LogP contribution in [0.5, 0.6) is 5.88 Å². The summed E-state index contributed by atoms with van der Waals surface area (Å²) in [5.41, 5.74) is -0.260. The predicted octanol–water partition coefficient (Wildman–Crippen LogP) is 2.21. The third-order valence-corrected chi connectivity index (χ3v) is 3.92. The van der Waals surface area contributed by atoms with E-state index in [4.69, 9.17) is 4.74 Å². The van der Waals surface area contributed by atoms with Gasteiger partial charge < -0.3 is 20.1 Å². The lowest BCUT2D eigenvalue weighted by Gasteiger charge is -2.28. The molecule has 7 heteroatoms. The maximum atomic E-state index is 11.6. The van der Waals surface area contributed by atoms with E-state index in [1.807, 2.05) is 20.8 Å². The fraction of sp³-hybridized carbons (Fsp3) is 0.733. The topological polar surface area (TPSA) is 107 Å². The minimum absolute atomic E-state index is 0.0553. The fourth-order valence-corrected chi connectivity index (χ4v) is 2.88. The molecule has 0 aliphatic heterocycles. The lowest BCUT2D eigenvalue weighted by atomic mass is 9.80. The van der Waals surface area contributed by atoms with Crippen molar-refractivity contribution in [2.75, 3.05) is 6.54 Å². The van der Waals surface area contributed by atoms with Crippen molar-refractivity contribution in [1.29, 1.82) is 0 Å². The second-order valence-electron chi connectivity index (χ2n) is 6.94. The number of amides is 1. The Kier molecular flexibility index (Phi) is 4.83. The molecule has 0 unspecified atom stereocenters. The number of alkyl carbamates (subject to hydrolysis) is 1. The summed E-state index contributed by atoms with van der Waals surface area (Å²) < 4.78 is 5.21. The van der Waals surface area contributed by atoms with E-state index < -0.39 is 5.60 Å². The number of rotatable bonds is 3. The average molecular weight is 311 g/mol. The maximum Gasteiger partial charge on any atom is 0.407 e. The lowest BCUT2D eigenvalue weighted by molar-refractivity contribution is 0.0514. The average Bonchev–Trinajstić information content (AvgIpc) is 2.74. The van der Waals surface area contributed by atoms with Gasteiger partial charge in [0.05, 0.1) is 5.69 Å². The van der Waals surface area contributed by atoms with Crippen LogP contribution in [0.1, 0.15) is 58.1 Å². The first-order valence-corrected chi connectivity index (χ1v) is 7.72. The van der Waals surface area contributed by atoms with E-state index in [1.165, 1.54) is 0 Å². The molecule has 0 atom stereocenters. The molecule has 0 bridgehead atoms. The smallest absolute Gasteiger partial charge is 0.407 e. The van der Waals surface area contributed by atoms with Crippen molar-refractivity contribution < 1.29 is 14.6 Å². The van der Waals surface area contributed by atoms with Crippen LogP contribution >= 0.6 is 0 Å². The molecule has 4 N–H and O–H groups in total. The van der Waals surface area contributed by atoms with E-state index in [2.05, 4.69) is 15.3 Å². The molecule has 1 aliphatic rings. The Labute approximate surface area is 129 Å². The van der Waals surface area contributed by atoms with E-state index in [-0.39, 0.29) is 23.6 Å². The van der Waals surface area contributed by atoms with Crippen LogP contribution in [0.2, 0.25) is 0 Å². The molecule has 0 radical (unpaired) electrons. The van der Waals surface area contributed by atoms with Gasteiger partial charge >= 0.3 is 11.8 Å². The Morgan fingerprint density at radius 2 is 1.91 bits per heavy atom. The number of hydrogen-bond acceptors (Lipinski definition) is 4. The molecule has 22 heavy (non-hydrogen) atoms. The fourth-order valence-electron chi connectivity index (χ4n) is 2.88. The van der Waals surface area contributed by atoms with Gasteiger partial charge in [-0.15, -0.1) is 0 Å². The predicted molar refractivity (Wildman–Crippen MR) is 82.0 cm³/mol. The molecule has 2 rings (SSSR count). The van der Waals surface area contributed by atoms with Gasteiger partial charge in [0, 0.05) is 12.5 Å². The summed E-state index contributed by atoms with van der Waals surface area (Å²) in [6.45, 7) is 6.10. The van der Waals surface area contributed by atoms with Crippen LogP contribution in [0.25, 0.3) is 0 Å². The second kappa shape index (κ2) is 6.46. The van der Waals surface area contributed by atoms with E-state index in [0.717, 1.165) is 25.7 Å². The largest absolute Gasteiger partial charge is 0.493 e. The Balaban J connectivity index is 1.77. The van der Waals surface area contributed by atoms with Crippen LogP contribution in [0.15, 0.2) is 4.79 Å². The Morgan fingerprint density at radius 1 is 1.27 bits per heavy atom. The van der Waals surface area contributed by atoms with Crippen LogP contribution < -0.4 is 11.0 Å². The standard InChI is InChI=1S/C15H25N3O4/c1-15(2,3)22-14(21)16-8-9-4-6-10(7-5-9)11-12(19)18-13(20)17-11/h9-10,19H,4-8H2,1-3H3,(H,16,21)(H2,17,18,20). The van der Waals surface area contributed by atoms with Gasteiger partial charge in [0.2, 0.25) is 5.88 Å². The first kappa shape index (κ1) is 16.5. The van der Waals surface area contributed by atoms with Crippen molar-refractivity contribution in [1.82, 2.24) is 15.3 Å². The van der Waals surface area contributed by atoms with Crippen molar-refractivity contribution >= 4 is 6.09 Å². The van der Waals surface area contributed by atoms with Crippen LogP contribution in [0.4, 0.5) is 4.79 Å². The summed E-state index contributed by atoms with van der Waals surface area (Å²) in [5.74, 6) is 0.508. The lowest BCUT2D eigenvalue weighted by Crippen LogP contribution is -2.36. The Morgan fingerprint density at radius 3 is 2.41 bits per heavy atom. The van der Waals surface area contributed by atoms with Crippen LogP contribution in [-0.4, -0.2) is 33.3 Å². The van der Waals surface area contributed by atoms with Gasteiger partial charge in [-0.05, 0) is 52.4 Å². The van der Waals surface area contributed by atoms with Gasteiger partial charge in [0.25, 0.3) is 0 Å². The quantitative estimate of drug-likeness (QED) is 0.686. The molecule has 1 saturated carbocycles. The summed E-state index contributed by atoms with van der Waals surface area (Å²) >= 11 is 0. The van der Waals surface area contributed by atoms with Crippen molar-refractivity contribution in [2.24, 2.45) is 5.92 Å². The number of nitrogens with one attached hydrogen (secondary N) is 3. The number of ether oxygens (including phenoxy) is 1. The minimum atomic E-state index is -0.487. The number of H-pyrrole nitrogens is 2. The van der Waals surface area contributed by atoms with E-state index in [0.29, 0.717) is 18.2 Å². The molecular weight excluding hydrogens is 286 g/mol. The molecule has 1 aromatic heterocycles. The summed E-state index contributed by atoms with van der Waals surface area (Å²) in [6, 6.07) is 0. The van der Waals surface area contributed by atoms with Crippen molar-refractivity contribution in [2.45, 2.75) is 58.0 Å². The van der Waals surface area contributed by atoms with E-state index >= 15 is 0 Å². The third kappa shape index (κ3) is 4.54. The van der Waals surface area contributed by atoms with E-state index in [9.17, 15) is 14.7 Å². The molecule has 0 saturated heterocycles. The highest BCUT2D eigenvalue weighted by atomic mass is 16.6. The van der Waals surface area contributed by atoms with Gasteiger partial charge in [0.15, 0.2) is 0 Å². The SMILES string of the molecule is CC(C)(C)OC(=O)NCC1CCC(c2[nH]c(=O)[nH]c2O)CC1. The number of hydrogen-bond donors (Lipinski definition) is 4. The number of carbonyl (C=O) groups is 1. The second-order valence-corrected chi connectivity index (χ2v) is 6.94. The maximum absolute atomic E-state index is 11.6. The Hall–Kier alpha value is -1.92. The van der Waals surface area contributed by atoms with Gasteiger partial charge in [-0.1, -0.05) is 0 Å². The summed E-state index contributed by atoms with van der Waals surface area (Å²) in [6.07, 6.45) is 3.24.